The minimum Gasteiger partial charge on any atom is -0.324 e. The van der Waals surface area contributed by atoms with Crippen molar-refractivity contribution in [2.24, 2.45) is 0 Å². The number of urea groups is 1. The molecular weight excluding hydrogens is 364 g/mol. The number of aromatic nitrogens is 3. The van der Waals surface area contributed by atoms with Crippen LogP contribution in [0.25, 0.3) is 11.2 Å². The molecule has 1 saturated heterocycles. The summed E-state index contributed by atoms with van der Waals surface area (Å²) in [5.41, 5.74) is 1.54. The quantitative estimate of drug-likeness (QED) is 0.734. The van der Waals surface area contributed by atoms with Crippen LogP contribution in [0.4, 0.5) is 19.3 Å². The lowest BCUT2D eigenvalue weighted by Gasteiger charge is -2.18. The fraction of sp³-hybridized carbons (Fsp3) is 0.350. The van der Waals surface area contributed by atoms with Crippen LogP contribution in [0.2, 0.25) is 0 Å². The molecule has 2 amide bonds. The van der Waals surface area contributed by atoms with Gasteiger partial charge in [-0.15, -0.1) is 0 Å². The van der Waals surface area contributed by atoms with Gasteiger partial charge in [0.25, 0.3) is 0 Å². The largest absolute Gasteiger partial charge is 0.324 e. The highest BCUT2D eigenvalue weighted by Crippen LogP contribution is 2.30. The Morgan fingerprint density at radius 2 is 2.18 bits per heavy atom. The summed E-state index contributed by atoms with van der Waals surface area (Å²) in [6, 6.07) is 6.35. The summed E-state index contributed by atoms with van der Waals surface area (Å²) < 4.78 is 29.2. The summed E-state index contributed by atoms with van der Waals surface area (Å²) in [5.74, 6) is -0.273. The average Bonchev–Trinajstić information content (AvgIpc) is 3.30. The van der Waals surface area contributed by atoms with Gasteiger partial charge in [0, 0.05) is 37.8 Å². The van der Waals surface area contributed by atoms with Gasteiger partial charge in [-0.1, -0.05) is 6.92 Å². The van der Waals surface area contributed by atoms with Crippen molar-refractivity contribution < 1.29 is 13.6 Å². The number of halogens is 2. The van der Waals surface area contributed by atoms with Crippen LogP contribution in [0, 0.1) is 11.6 Å². The van der Waals surface area contributed by atoms with E-state index in [0.717, 1.165) is 54.6 Å². The molecule has 1 aliphatic rings. The van der Waals surface area contributed by atoms with E-state index in [4.69, 9.17) is 4.98 Å². The summed E-state index contributed by atoms with van der Waals surface area (Å²) >= 11 is 0. The molecule has 0 saturated carbocycles. The molecule has 1 aliphatic heterocycles. The van der Waals surface area contributed by atoms with Crippen molar-refractivity contribution in [3.05, 3.63) is 54.0 Å². The monoisotopic (exact) mass is 385 g/mol. The first-order valence-electron chi connectivity index (χ1n) is 9.39. The molecule has 1 aromatic carbocycles. The predicted molar refractivity (Wildman–Crippen MR) is 102 cm³/mol. The first kappa shape index (κ1) is 18.3. The van der Waals surface area contributed by atoms with E-state index in [0.29, 0.717) is 13.1 Å². The number of anilines is 1. The molecule has 0 aliphatic carbocycles. The van der Waals surface area contributed by atoms with Gasteiger partial charge in [0.15, 0.2) is 5.65 Å². The Morgan fingerprint density at radius 3 is 3.00 bits per heavy atom. The van der Waals surface area contributed by atoms with E-state index in [9.17, 15) is 13.6 Å². The third-order valence-corrected chi connectivity index (χ3v) is 4.99. The standard InChI is InChI=1S/C20H21F2N5O/c1-2-9-27-18(24-16-4-3-8-23-19(16)27)13-7-10-26(12-13)20(28)25-17-11-14(21)5-6-15(17)22/h3-6,8,11,13H,2,7,9-10,12H2,1H3,(H,25,28). The zero-order valence-corrected chi connectivity index (χ0v) is 15.5. The van der Waals surface area contributed by atoms with Gasteiger partial charge in [0.2, 0.25) is 0 Å². The number of nitrogens with one attached hydrogen (secondary N) is 1. The fourth-order valence-electron chi connectivity index (χ4n) is 3.67. The van der Waals surface area contributed by atoms with Gasteiger partial charge in [0.1, 0.15) is 23.0 Å². The smallest absolute Gasteiger partial charge is 0.321 e. The highest BCUT2D eigenvalue weighted by molar-refractivity contribution is 5.89. The second-order valence-electron chi connectivity index (χ2n) is 6.95. The lowest BCUT2D eigenvalue weighted by molar-refractivity contribution is 0.221. The zero-order valence-electron chi connectivity index (χ0n) is 15.5. The number of fused-ring (bicyclic) bond motifs is 1. The van der Waals surface area contributed by atoms with Gasteiger partial charge in [-0.25, -0.2) is 23.5 Å². The summed E-state index contributed by atoms with van der Waals surface area (Å²) in [4.78, 5) is 23.3. The van der Waals surface area contributed by atoms with Crippen LogP contribution in [0.15, 0.2) is 36.5 Å². The summed E-state index contributed by atoms with van der Waals surface area (Å²) in [6.07, 6.45) is 3.46. The molecule has 1 atom stereocenters. The van der Waals surface area contributed by atoms with Crippen LogP contribution in [0.5, 0.6) is 0 Å². The Bertz CT molecular complexity index is 1020. The topological polar surface area (TPSA) is 63.1 Å². The van der Waals surface area contributed by atoms with E-state index in [1.807, 2.05) is 12.1 Å². The Morgan fingerprint density at radius 1 is 1.32 bits per heavy atom. The first-order chi connectivity index (χ1) is 13.6. The van der Waals surface area contributed by atoms with Gasteiger partial charge in [0.05, 0.1) is 5.69 Å². The molecule has 8 heteroatoms. The van der Waals surface area contributed by atoms with Gasteiger partial charge in [-0.05, 0) is 37.1 Å². The van der Waals surface area contributed by atoms with Crippen molar-refractivity contribution in [3.8, 4) is 0 Å². The maximum Gasteiger partial charge on any atom is 0.321 e. The normalized spacial score (nSPS) is 16.7. The van der Waals surface area contributed by atoms with Crippen LogP contribution < -0.4 is 5.32 Å². The van der Waals surface area contributed by atoms with Crippen molar-refractivity contribution >= 4 is 22.9 Å². The number of amides is 2. The number of hydrogen-bond donors (Lipinski definition) is 1. The molecule has 6 nitrogen and oxygen atoms in total. The minimum atomic E-state index is -0.665. The van der Waals surface area contributed by atoms with E-state index in [1.54, 1.807) is 11.1 Å². The average molecular weight is 385 g/mol. The molecule has 3 heterocycles. The summed E-state index contributed by atoms with van der Waals surface area (Å²) in [7, 11) is 0. The zero-order chi connectivity index (χ0) is 19.7. The summed E-state index contributed by atoms with van der Waals surface area (Å²) in [5, 5.41) is 2.46. The van der Waals surface area contributed by atoms with Crippen molar-refractivity contribution in [1.82, 2.24) is 19.4 Å². The van der Waals surface area contributed by atoms with E-state index in [2.05, 4.69) is 21.8 Å². The van der Waals surface area contributed by atoms with E-state index < -0.39 is 17.7 Å². The van der Waals surface area contributed by atoms with Crippen LogP contribution >= 0.6 is 0 Å². The number of hydrogen-bond acceptors (Lipinski definition) is 3. The third kappa shape index (κ3) is 3.42. The number of likely N-dealkylation sites (tertiary alicyclic amines) is 1. The number of benzene rings is 1. The lowest BCUT2D eigenvalue weighted by atomic mass is 10.1. The molecule has 4 rings (SSSR count). The van der Waals surface area contributed by atoms with Crippen molar-refractivity contribution in [2.45, 2.75) is 32.2 Å². The van der Waals surface area contributed by atoms with Crippen molar-refractivity contribution in [3.63, 3.8) is 0 Å². The number of rotatable bonds is 4. The maximum absolute atomic E-state index is 13.8. The minimum absolute atomic E-state index is 0.0730. The van der Waals surface area contributed by atoms with Crippen molar-refractivity contribution in [1.29, 1.82) is 0 Å². The van der Waals surface area contributed by atoms with Gasteiger partial charge >= 0.3 is 6.03 Å². The number of pyridine rings is 1. The molecule has 2 aromatic heterocycles. The molecule has 0 spiro atoms. The maximum atomic E-state index is 13.8. The second-order valence-corrected chi connectivity index (χ2v) is 6.95. The molecule has 0 bridgehead atoms. The highest BCUT2D eigenvalue weighted by Gasteiger charge is 2.31. The number of carbonyl (C=O) groups is 1. The van der Waals surface area contributed by atoms with Crippen LogP contribution in [0.1, 0.15) is 31.5 Å². The molecule has 0 radical (unpaired) electrons. The Balaban J connectivity index is 1.52. The molecule has 1 N–H and O–H groups in total. The Labute approximate surface area is 161 Å². The number of carbonyl (C=O) groups excluding carboxylic acids is 1. The van der Waals surface area contributed by atoms with Crippen LogP contribution in [-0.4, -0.2) is 38.6 Å². The lowest BCUT2D eigenvalue weighted by Crippen LogP contribution is -2.33. The molecule has 3 aromatic rings. The van der Waals surface area contributed by atoms with Gasteiger partial charge in [-0.2, -0.15) is 0 Å². The third-order valence-electron chi connectivity index (χ3n) is 4.99. The Hall–Kier alpha value is -3.03. The first-order valence-corrected chi connectivity index (χ1v) is 9.39. The molecular formula is C20H21F2N5O. The van der Waals surface area contributed by atoms with E-state index in [1.165, 1.54) is 0 Å². The van der Waals surface area contributed by atoms with Crippen molar-refractivity contribution in [2.75, 3.05) is 18.4 Å². The number of imidazole rings is 1. The second kappa shape index (κ2) is 7.53. The van der Waals surface area contributed by atoms with E-state index in [-0.39, 0.29) is 11.6 Å². The van der Waals surface area contributed by atoms with Gasteiger partial charge < -0.3 is 14.8 Å². The molecule has 1 fully saturated rings. The molecule has 146 valence electrons. The Kier molecular flexibility index (Phi) is 4.93. The van der Waals surface area contributed by atoms with Crippen LogP contribution in [0.3, 0.4) is 0 Å². The fourth-order valence-corrected chi connectivity index (χ4v) is 3.67. The number of nitrogens with zero attached hydrogens (tertiary/aromatic N) is 4. The number of aryl methyl sites for hydroxylation is 1. The van der Waals surface area contributed by atoms with E-state index >= 15 is 0 Å². The van der Waals surface area contributed by atoms with Crippen LogP contribution in [-0.2, 0) is 6.54 Å². The summed E-state index contributed by atoms with van der Waals surface area (Å²) in [6.45, 7) is 3.90. The molecule has 28 heavy (non-hydrogen) atoms. The van der Waals surface area contributed by atoms with Gasteiger partial charge in [-0.3, -0.25) is 0 Å². The SMILES string of the molecule is CCCn1c(C2CCN(C(=O)Nc3cc(F)ccc3F)C2)nc2cccnc21. The predicted octanol–water partition coefficient (Wildman–Crippen LogP) is 4.14. The molecule has 1 unspecified atom stereocenters. The highest BCUT2D eigenvalue weighted by atomic mass is 19.1.